The minimum absolute atomic E-state index is 0.0730. The van der Waals surface area contributed by atoms with Gasteiger partial charge in [-0.15, -0.1) is 0 Å². The fraction of sp³-hybridized carbons (Fsp3) is 0.429. The average Bonchev–Trinajstić information content (AvgIpc) is 2.76. The van der Waals surface area contributed by atoms with E-state index < -0.39 is 17.5 Å². The highest BCUT2D eigenvalue weighted by Gasteiger charge is 2.47. The number of carbonyl (C=O) groups excluding carboxylic acids is 2. The summed E-state index contributed by atoms with van der Waals surface area (Å²) in [4.78, 5) is 23.4. The molecule has 0 N–H and O–H groups in total. The Morgan fingerprint density at radius 2 is 1.95 bits per heavy atom. The van der Waals surface area contributed by atoms with Gasteiger partial charge >= 0.3 is 5.97 Å². The molecule has 0 bridgehead atoms. The van der Waals surface area contributed by atoms with Crippen molar-refractivity contribution in [3.63, 3.8) is 0 Å². The number of fused-ring (bicyclic) bond motifs is 1. The summed E-state index contributed by atoms with van der Waals surface area (Å²) in [5.74, 6) is -1.35. The fourth-order valence-electron chi connectivity index (χ4n) is 2.27. The summed E-state index contributed by atoms with van der Waals surface area (Å²) >= 11 is 6.04. The van der Waals surface area contributed by atoms with E-state index in [1.165, 1.54) is 12.1 Å². The molecule has 5 nitrogen and oxygen atoms in total. The predicted molar refractivity (Wildman–Crippen MR) is 70.3 cm³/mol. The van der Waals surface area contributed by atoms with Gasteiger partial charge in [-0.3, -0.25) is 4.79 Å². The maximum Gasteiger partial charge on any atom is 0.379 e. The predicted octanol–water partition coefficient (Wildman–Crippen LogP) is 2.74. The number of carbonyl (C=O) groups is 2. The van der Waals surface area contributed by atoms with Crippen LogP contribution in [0.1, 0.15) is 36.5 Å². The maximum atomic E-state index is 11.9. The number of halogens is 1. The molecule has 0 amide bonds. The third-order valence-corrected chi connectivity index (χ3v) is 3.76. The van der Waals surface area contributed by atoms with E-state index in [1.54, 1.807) is 6.92 Å². The molecule has 1 saturated carbocycles. The molecule has 2 aliphatic rings. The standard InChI is InChI=1S/C14H13ClO5/c1-2-18-13(17)12(16)8-6-10-11(7-9(8)15)20-14(19-10)4-3-5-14/h6-7H,2-5H2,1H3. The van der Waals surface area contributed by atoms with Crippen molar-refractivity contribution >= 4 is 23.4 Å². The van der Waals surface area contributed by atoms with Gasteiger partial charge in [0.05, 0.1) is 17.2 Å². The Morgan fingerprint density at radius 3 is 2.50 bits per heavy atom. The lowest BCUT2D eigenvalue weighted by molar-refractivity contribution is -0.138. The van der Waals surface area contributed by atoms with E-state index in [4.69, 9.17) is 21.1 Å². The van der Waals surface area contributed by atoms with Crippen LogP contribution >= 0.6 is 11.6 Å². The van der Waals surface area contributed by atoms with Gasteiger partial charge < -0.3 is 14.2 Å². The monoisotopic (exact) mass is 296 g/mol. The third kappa shape index (κ3) is 2.02. The smallest absolute Gasteiger partial charge is 0.379 e. The topological polar surface area (TPSA) is 61.8 Å². The Kier molecular flexibility index (Phi) is 3.09. The van der Waals surface area contributed by atoms with Gasteiger partial charge in [-0.2, -0.15) is 0 Å². The third-order valence-electron chi connectivity index (χ3n) is 3.45. The van der Waals surface area contributed by atoms with Crippen LogP contribution in [0.3, 0.4) is 0 Å². The molecule has 1 spiro atoms. The number of esters is 1. The number of hydrogen-bond donors (Lipinski definition) is 0. The molecule has 1 fully saturated rings. The Balaban J connectivity index is 1.90. The lowest BCUT2D eigenvalue weighted by Gasteiger charge is -2.35. The first-order valence-corrected chi connectivity index (χ1v) is 6.85. The highest BCUT2D eigenvalue weighted by atomic mass is 35.5. The summed E-state index contributed by atoms with van der Waals surface area (Å²) in [5.41, 5.74) is 0.0730. The normalized spacial score (nSPS) is 17.7. The number of Topliss-reactive ketones (excluding diaryl/α,β-unsaturated/α-hetero) is 1. The van der Waals surface area contributed by atoms with Gasteiger partial charge in [0.2, 0.25) is 0 Å². The van der Waals surface area contributed by atoms with Crippen LogP contribution in [0.4, 0.5) is 0 Å². The van der Waals surface area contributed by atoms with Gasteiger partial charge in [0, 0.05) is 18.9 Å². The van der Waals surface area contributed by atoms with Gasteiger partial charge in [-0.05, 0) is 19.4 Å². The molecule has 0 radical (unpaired) electrons. The van der Waals surface area contributed by atoms with Crippen LogP contribution in [0.25, 0.3) is 0 Å². The molecule has 106 valence electrons. The van der Waals surface area contributed by atoms with Crippen molar-refractivity contribution in [2.75, 3.05) is 6.61 Å². The summed E-state index contributed by atoms with van der Waals surface area (Å²) in [7, 11) is 0. The van der Waals surface area contributed by atoms with Crippen molar-refractivity contribution in [1.82, 2.24) is 0 Å². The maximum absolute atomic E-state index is 11.9. The van der Waals surface area contributed by atoms with Crippen LogP contribution in [-0.4, -0.2) is 24.1 Å². The second-order valence-electron chi connectivity index (χ2n) is 4.80. The van der Waals surface area contributed by atoms with Crippen molar-refractivity contribution in [3.05, 3.63) is 22.7 Å². The first-order valence-electron chi connectivity index (χ1n) is 6.48. The van der Waals surface area contributed by atoms with Crippen molar-refractivity contribution in [2.24, 2.45) is 0 Å². The summed E-state index contributed by atoms with van der Waals surface area (Å²) in [5, 5.41) is 0.154. The zero-order valence-electron chi connectivity index (χ0n) is 10.9. The molecule has 6 heteroatoms. The molecular weight excluding hydrogens is 284 g/mol. The quantitative estimate of drug-likeness (QED) is 0.487. The van der Waals surface area contributed by atoms with Crippen LogP contribution in [0.5, 0.6) is 11.5 Å². The number of hydrogen-bond acceptors (Lipinski definition) is 5. The molecular formula is C14H13ClO5. The van der Waals surface area contributed by atoms with Gasteiger partial charge in [0.15, 0.2) is 11.5 Å². The molecule has 0 unspecified atom stereocenters. The summed E-state index contributed by atoms with van der Waals surface area (Å²) in [6.45, 7) is 1.77. The zero-order chi connectivity index (χ0) is 14.3. The van der Waals surface area contributed by atoms with Crippen molar-refractivity contribution < 1.29 is 23.8 Å². The van der Waals surface area contributed by atoms with Crippen LogP contribution in [-0.2, 0) is 9.53 Å². The van der Waals surface area contributed by atoms with Gasteiger partial charge in [0.1, 0.15) is 0 Å². The number of benzene rings is 1. The lowest BCUT2D eigenvalue weighted by atomic mass is 9.91. The van der Waals surface area contributed by atoms with Crippen molar-refractivity contribution in [2.45, 2.75) is 32.0 Å². The molecule has 3 rings (SSSR count). The van der Waals surface area contributed by atoms with Crippen LogP contribution in [0, 0.1) is 0 Å². The van der Waals surface area contributed by atoms with E-state index in [2.05, 4.69) is 4.74 Å². The van der Waals surface area contributed by atoms with E-state index in [0.29, 0.717) is 11.5 Å². The SMILES string of the molecule is CCOC(=O)C(=O)c1cc2c(cc1Cl)OC1(CCC1)O2. The molecule has 20 heavy (non-hydrogen) atoms. The molecule has 1 aromatic rings. The highest BCUT2D eigenvalue weighted by molar-refractivity contribution is 6.45. The average molecular weight is 297 g/mol. The van der Waals surface area contributed by atoms with Gasteiger partial charge in [0.25, 0.3) is 11.6 Å². The molecule has 1 heterocycles. The number of ether oxygens (including phenoxy) is 3. The van der Waals surface area contributed by atoms with E-state index in [9.17, 15) is 9.59 Å². The summed E-state index contributed by atoms with van der Waals surface area (Å²) < 4.78 is 16.1. The molecule has 0 aromatic heterocycles. The second-order valence-corrected chi connectivity index (χ2v) is 5.20. The lowest BCUT2D eigenvalue weighted by Crippen LogP contribution is -2.45. The number of ketones is 1. The largest absolute Gasteiger partial charge is 0.460 e. The van der Waals surface area contributed by atoms with Gasteiger partial charge in [-0.25, -0.2) is 4.79 Å². The Hall–Kier alpha value is -1.75. The fourth-order valence-corrected chi connectivity index (χ4v) is 2.51. The second kappa shape index (κ2) is 4.66. The van der Waals surface area contributed by atoms with Crippen molar-refractivity contribution in [1.29, 1.82) is 0 Å². The van der Waals surface area contributed by atoms with Crippen molar-refractivity contribution in [3.8, 4) is 11.5 Å². The highest BCUT2D eigenvalue weighted by Crippen LogP contribution is 2.49. The van der Waals surface area contributed by atoms with E-state index in [1.807, 2.05) is 0 Å². The number of rotatable bonds is 3. The zero-order valence-corrected chi connectivity index (χ0v) is 11.7. The minimum Gasteiger partial charge on any atom is -0.460 e. The Labute approximate surface area is 120 Å². The van der Waals surface area contributed by atoms with Crippen LogP contribution < -0.4 is 9.47 Å². The molecule has 0 atom stereocenters. The molecule has 1 aromatic carbocycles. The molecule has 1 aliphatic heterocycles. The van der Waals surface area contributed by atoms with Crippen LogP contribution in [0.2, 0.25) is 5.02 Å². The first-order chi connectivity index (χ1) is 9.54. The van der Waals surface area contributed by atoms with Gasteiger partial charge in [-0.1, -0.05) is 11.6 Å². The summed E-state index contributed by atoms with van der Waals surface area (Å²) in [6.07, 6.45) is 2.65. The van der Waals surface area contributed by atoms with E-state index in [0.717, 1.165) is 19.3 Å². The first kappa shape index (κ1) is 13.2. The Morgan fingerprint density at radius 1 is 1.30 bits per heavy atom. The van der Waals surface area contributed by atoms with E-state index >= 15 is 0 Å². The minimum atomic E-state index is -0.924. The molecule has 0 saturated heterocycles. The molecule has 1 aliphatic carbocycles. The summed E-state index contributed by atoms with van der Waals surface area (Å²) in [6, 6.07) is 2.96. The Bertz CT molecular complexity index is 591. The van der Waals surface area contributed by atoms with Crippen LogP contribution in [0.15, 0.2) is 12.1 Å². The van der Waals surface area contributed by atoms with E-state index in [-0.39, 0.29) is 17.2 Å².